The number of primary sulfonamides is 1. The molecule has 0 saturated heterocycles. The number of aryl methyl sites for hydroxylation is 1. The first kappa shape index (κ1) is 17.9. The average Bonchev–Trinajstić information content (AvgIpc) is 2.40. The van der Waals surface area contributed by atoms with Crippen molar-refractivity contribution in [1.82, 2.24) is 4.90 Å². The molecule has 0 heterocycles. The van der Waals surface area contributed by atoms with Gasteiger partial charge in [-0.2, -0.15) is 0 Å². The number of halogens is 1. The molecule has 8 heteroatoms. The van der Waals surface area contributed by atoms with Crippen molar-refractivity contribution >= 4 is 27.5 Å². The lowest BCUT2D eigenvalue weighted by atomic mass is 10.1. The minimum absolute atomic E-state index is 0.0361. The standard InChI is InChI=1S/C13H19ClN2O4S/c1-4-16(5-6-20-3)13(17)10-7-9(2)12(14)11(8-10)21(15,18)19/h7-8H,4-6H2,1-3H3,(H2,15,18,19). The molecule has 0 spiro atoms. The summed E-state index contributed by atoms with van der Waals surface area (Å²) < 4.78 is 28.0. The van der Waals surface area contributed by atoms with Gasteiger partial charge >= 0.3 is 0 Å². The topological polar surface area (TPSA) is 89.7 Å². The van der Waals surface area contributed by atoms with Crippen LogP contribution in [0.15, 0.2) is 17.0 Å². The van der Waals surface area contributed by atoms with Crippen LogP contribution in [0.25, 0.3) is 0 Å². The second-order valence-corrected chi connectivity index (χ2v) is 6.44. The van der Waals surface area contributed by atoms with Crippen LogP contribution < -0.4 is 5.14 Å². The number of rotatable bonds is 6. The van der Waals surface area contributed by atoms with E-state index in [0.29, 0.717) is 25.3 Å². The van der Waals surface area contributed by atoms with Crippen LogP contribution in [-0.2, 0) is 14.8 Å². The summed E-state index contributed by atoms with van der Waals surface area (Å²) in [7, 11) is -2.44. The highest BCUT2D eigenvalue weighted by molar-refractivity contribution is 7.89. The maximum absolute atomic E-state index is 12.4. The van der Waals surface area contributed by atoms with Crippen LogP contribution in [-0.4, -0.2) is 46.0 Å². The zero-order valence-corrected chi connectivity index (χ0v) is 13.8. The van der Waals surface area contributed by atoms with Gasteiger partial charge in [0.05, 0.1) is 11.6 Å². The van der Waals surface area contributed by atoms with Gasteiger partial charge in [0.15, 0.2) is 0 Å². The quantitative estimate of drug-likeness (QED) is 0.851. The van der Waals surface area contributed by atoms with Gasteiger partial charge in [0, 0.05) is 25.8 Å². The fourth-order valence-corrected chi connectivity index (χ4v) is 2.99. The van der Waals surface area contributed by atoms with Gasteiger partial charge in [0.2, 0.25) is 10.0 Å². The largest absolute Gasteiger partial charge is 0.383 e. The lowest BCUT2D eigenvalue weighted by Gasteiger charge is -2.21. The molecule has 21 heavy (non-hydrogen) atoms. The Morgan fingerprint density at radius 2 is 2.05 bits per heavy atom. The lowest BCUT2D eigenvalue weighted by Crippen LogP contribution is -2.34. The van der Waals surface area contributed by atoms with Gasteiger partial charge < -0.3 is 9.64 Å². The number of likely N-dealkylation sites (N-methyl/N-ethyl adjacent to an activating group) is 1. The number of carbonyl (C=O) groups is 1. The number of amides is 1. The van der Waals surface area contributed by atoms with Crippen molar-refractivity contribution < 1.29 is 17.9 Å². The highest BCUT2D eigenvalue weighted by atomic mass is 35.5. The molecule has 1 amide bonds. The normalized spacial score (nSPS) is 11.5. The van der Waals surface area contributed by atoms with E-state index in [1.54, 1.807) is 25.0 Å². The molecule has 118 valence electrons. The second kappa shape index (κ2) is 7.22. The van der Waals surface area contributed by atoms with Crippen molar-refractivity contribution in [3.63, 3.8) is 0 Å². The molecule has 0 saturated carbocycles. The maximum atomic E-state index is 12.4. The molecule has 6 nitrogen and oxygen atoms in total. The summed E-state index contributed by atoms with van der Waals surface area (Å²) in [6, 6.07) is 2.76. The van der Waals surface area contributed by atoms with Crippen LogP contribution >= 0.6 is 11.6 Å². The maximum Gasteiger partial charge on any atom is 0.253 e. The summed E-state index contributed by atoms with van der Waals surface area (Å²) >= 11 is 5.95. The molecule has 0 fully saturated rings. The number of methoxy groups -OCH3 is 1. The minimum Gasteiger partial charge on any atom is -0.383 e. The molecule has 0 aromatic heterocycles. The van der Waals surface area contributed by atoms with Gasteiger partial charge in [0.25, 0.3) is 5.91 Å². The van der Waals surface area contributed by atoms with Gasteiger partial charge in [-0.1, -0.05) is 11.6 Å². The fourth-order valence-electron chi connectivity index (χ4n) is 1.86. The van der Waals surface area contributed by atoms with Crippen molar-refractivity contribution in [1.29, 1.82) is 0 Å². The van der Waals surface area contributed by atoms with Crippen LogP contribution in [0.1, 0.15) is 22.8 Å². The van der Waals surface area contributed by atoms with Crippen molar-refractivity contribution in [3.05, 3.63) is 28.3 Å². The number of benzene rings is 1. The molecule has 2 N–H and O–H groups in total. The Labute approximate surface area is 129 Å². The third kappa shape index (κ3) is 4.41. The van der Waals surface area contributed by atoms with E-state index < -0.39 is 10.0 Å². The minimum atomic E-state index is -3.99. The van der Waals surface area contributed by atoms with E-state index in [-0.39, 0.29) is 21.4 Å². The van der Waals surface area contributed by atoms with Gasteiger partial charge in [-0.05, 0) is 31.5 Å². The number of hydrogen-bond acceptors (Lipinski definition) is 4. The molecule has 1 aromatic rings. The molecule has 0 bridgehead atoms. The summed E-state index contributed by atoms with van der Waals surface area (Å²) in [6.07, 6.45) is 0. The monoisotopic (exact) mass is 334 g/mol. The molecule has 0 aliphatic carbocycles. The number of nitrogens with two attached hydrogens (primary N) is 1. The highest BCUT2D eigenvalue weighted by Gasteiger charge is 2.21. The first-order chi connectivity index (χ1) is 9.72. The van der Waals surface area contributed by atoms with E-state index in [4.69, 9.17) is 21.5 Å². The summed E-state index contributed by atoms with van der Waals surface area (Å²) in [4.78, 5) is 13.7. The molecule has 1 aromatic carbocycles. The average molecular weight is 335 g/mol. The summed E-state index contributed by atoms with van der Waals surface area (Å²) in [5.74, 6) is -0.292. The Kier molecular flexibility index (Phi) is 6.15. The van der Waals surface area contributed by atoms with Crippen LogP contribution in [0.5, 0.6) is 0 Å². The molecule has 1 rings (SSSR count). The SMILES string of the molecule is CCN(CCOC)C(=O)c1cc(C)c(Cl)c(S(N)(=O)=O)c1. The number of sulfonamides is 1. The Balaban J connectivity index is 3.25. The second-order valence-electron chi connectivity index (χ2n) is 4.53. The first-order valence-corrected chi connectivity index (χ1v) is 8.26. The lowest BCUT2D eigenvalue weighted by molar-refractivity contribution is 0.0706. The molecule has 0 radical (unpaired) electrons. The van der Waals surface area contributed by atoms with Gasteiger partial charge in [-0.15, -0.1) is 0 Å². The van der Waals surface area contributed by atoms with Crippen LogP contribution in [0.2, 0.25) is 5.02 Å². The zero-order valence-electron chi connectivity index (χ0n) is 12.2. The molecular weight excluding hydrogens is 316 g/mol. The summed E-state index contributed by atoms with van der Waals surface area (Å²) in [5.41, 5.74) is 0.716. The van der Waals surface area contributed by atoms with Crippen molar-refractivity contribution in [2.45, 2.75) is 18.7 Å². The van der Waals surface area contributed by atoms with Crippen molar-refractivity contribution in [2.24, 2.45) is 5.14 Å². The Hall–Kier alpha value is -1.15. The van der Waals surface area contributed by atoms with E-state index >= 15 is 0 Å². The van der Waals surface area contributed by atoms with E-state index in [9.17, 15) is 13.2 Å². The van der Waals surface area contributed by atoms with E-state index in [1.807, 2.05) is 6.92 Å². The van der Waals surface area contributed by atoms with Crippen LogP contribution in [0.3, 0.4) is 0 Å². The molecular formula is C13H19ClN2O4S. The Bertz CT molecular complexity index is 631. The van der Waals surface area contributed by atoms with Crippen LogP contribution in [0, 0.1) is 6.92 Å². The predicted molar refractivity (Wildman–Crippen MR) is 81.0 cm³/mol. The zero-order chi connectivity index (χ0) is 16.2. The molecule has 0 unspecified atom stereocenters. The highest BCUT2D eigenvalue weighted by Crippen LogP contribution is 2.26. The Morgan fingerprint density at radius 3 is 2.52 bits per heavy atom. The van der Waals surface area contributed by atoms with E-state index in [1.165, 1.54) is 6.07 Å². The fraction of sp³-hybridized carbons (Fsp3) is 0.462. The summed E-state index contributed by atoms with van der Waals surface area (Å²) in [5, 5.41) is 5.16. The van der Waals surface area contributed by atoms with Crippen LogP contribution in [0.4, 0.5) is 0 Å². The molecule has 0 aliphatic rings. The third-order valence-electron chi connectivity index (χ3n) is 3.01. The smallest absolute Gasteiger partial charge is 0.253 e. The number of hydrogen-bond donors (Lipinski definition) is 1. The van der Waals surface area contributed by atoms with Gasteiger partial charge in [-0.3, -0.25) is 4.79 Å². The number of ether oxygens (including phenoxy) is 1. The van der Waals surface area contributed by atoms with E-state index in [2.05, 4.69) is 0 Å². The Morgan fingerprint density at radius 1 is 1.43 bits per heavy atom. The van der Waals surface area contributed by atoms with E-state index in [0.717, 1.165) is 0 Å². The molecule has 0 aliphatic heterocycles. The number of carbonyl (C=O) groups excluding carboxylic acids is 1. The van der Waals surface area contributed by atoms with Crippen molar-refractivity contribution in [3.8, 4) is 0 Å². The third-order valence-corrected chi connectivity index (χ3v) is 4.56. The van der Waals surface area contributed by atoms with Gasteiger partial charge in [-0.25, -0.2) is 13.6 Å². The van der Waals surface area contributed by atoms with Crippen molar-refractivity contribution in [2.75, 3.05) is 26.8 Å². The number of nitrogens with zero attached hydrogens (tertiary/aromatic N) is 1. The molecule has 0 atom stereocenters. The summed E-state index contributed by atoms with van der Waals surface area (Å²) in [6.45, 7) is 4.75. The predicted octanol–water partition coefficient (Wildman–Crippen LogP) is 1.40. The van der Waals surface area contributed by atoms with Gasteiger partial charge in [0.1, 0.15) is 4.90 Å². The first-order valence-electron chi connectivity index (χ1n) is 6.33.